The van der Waals surface area contributed by atoms with Crippen molar-refractivity contribution in [3.63, 3.8) is 0 Å². The van der Waals surface area contributed by atoms with Gasteiger partial charge in [-0.25, -0.2) is 4.98 Å². The molecule has 0 saturated carbocycles. The summed E-state index contributed by atoms with van der Waals surface area (Å²) in [5.74, 6) is 0. The van der Waals surface area contributed by atoms with Crippen LogP contribution in [0.3, 0.4) is 0 Å². The smallest absolute Gasteiger partial charge is 0.160 e. The first-order valence-electron chi connectivity index (χ1n) is 4.12. The third-order valence-electron chi connectivity index (χ3n) is 1.86. The van der Waals surface area contributed by atoms with Crippen LogP contribution < -0.4 is 0 Å². The second kappa shape index (κ2) is 4.21. The highest BCUT2D eigenvalue weighted by atomic mass is 79.9. The Hall–Kier alpha value is -0.710. The quantitative estimate of drug-likeness (QED) is 0.909. The van der Waals surface area contributed by atoms with Gasteiger partial charge in [0.25, 0.3) is 0 Å². The lowest BCUT2D eigenvalue weighted by Gasteiger charge is -1.98. The highest BCUT2D eigenvalue weighted by molar-refractivity contribution is 9.11. The van der Waals surface area contributed by atoms with Gasteiger partial charge in [0.2, 0.25) is 0 Å². The van der Waals surface area contributed by atoms with Gasteiger partial charge in [-0.3, -0.25) is 0 Å². The lowest BCUT2D eigenvalue weighted by atomic mass is 10.1. The van der Waals surface area contributed by atoms with Crippen LogP contribution in [0.15, 0.2) is 34.2 Å². The minimum Gasteiger partial charge on any atom is -0.391 e. The van der Waals surface area contributed by atoms with Crippen LogP contribution in [0.2, 0.25) is 0 Å². The number of aromatic nitrogens is 1. The summed E-state index contributed by atoms with van der Waals surface area (Å²) in [6, 6.07) is 9.86. The Morgan fingerprint density at radius 2 is 2.00 bits per heavy atom. The Labute approximate surface area is 94.4 Å². The molecular formula is C10H8BrNOS. The van der Waals surface area contributed by atoms with E-state index in [2.05, 4.69) is 20.9 Å². The third kappa shape index (κ3) is 1.87. The van der Waals surface area contributed by atoms with Gasteiger partial charge in [0.1, 0.15) is 0 Å². The second-order valence-electron chi connectivity index (χ2n) is 2.76. The zero-order valence-electron chi connectivity index (χ0n) is 7.27. The average Bonchev–Trinajstić information content (AvgIpc) is 2.61. The number of thiazole rings is 1. The van der Waals surface area contributed by atoms with E-state index in [1.165, 1.54) is 11.3 Å². The number of rotatable bonds is 2. The molecule has 0 aliphatic carbocycles. The SMILES string of the molecule is OCc1sc(Br)nc1-c1ccccc1. The molecule has 1 aromatic heterocycles. The first-order valence-corrected chi connectivity index (χ1v) is 5.73. The zero-order valence-corrected chi connectivity index (χ0v) is 9.68. The number of hydrogen-bond donors (Lipinski definition) is 1. The molecule has 0 amide bonds. The van der Waals surface area contributed by atoms with E-state index >= 15 is 0 Å². The van der Waals surface area contributed by atoms with E-state index in [1.54, 1.807) is 0 Å². The Morgan fingerprint density at radius 1 is 1.29 bits per heavy atom. The molecule has 0 aliphatic rings. The molecule has 2 rings (SSSR count). The molecule has 14 heavy (non-hydrogen) atoms. The molecule has 2 nitrogen and oxygen atoms in total. The van der Waals surface area contributed by atoms with Gasteiger partial charge in [0, 0.05) is 5.56 Å². The molecule has 0 spiro atoms. The van der Waals surface area contributed by atoms with Gasteiger partial charge in [-0.05, 0) is 15.9 Å². The molecule has 0 radical (unpaired) electrons. The van der Waals surface area contributed by atoms with Crippen molar-refractivity contribution < 1.29 is 5.11 Å². The molecule has 1 heterocycles. The highest BCUT2D eigenvalue weighted by Crippen LogP contribution is 2.30. The summed E-state index contributed by atoms with van der Waals surface area (Å²) >= 11 is 4.78. The summed E-state index contributed by atoms with van der Waals surface area (Å²) in [5.41, 5.74) is 1.91. The topological polar surface area (TPSA) is 33.1 Å². The summed E-state index contributed by atoms with van der Waals surface area (Å²) in [6.07, 6.45) is 0. The molecule has 0 fully saturated rings. The fourth-order valence-electron chi connectivity index (χ4n) is 1.25. The van der Waals surface area contributed by atoms with E-state index in [1.807, 2.05) is 30.3 Å². The molecular weight excluding hydrogens is 262 g/mol. The Morgan fingerprint density at radius 3 is 2.64 bits per heavy atom. The zero-order chi connectivity index (χ0) is 9.97. The van der Waals surface area contributed by atoms with Crippen LogP contribution >= 0.6 is 27.3 Å². The van der Waals surface area contributed by atoms with Gasteiger partial charge in [-0.1, -0.05) is 30.3 Å². The minimum absolute atomic E-state index is 0.0352. The van der Waals surface area contributed by atoms with E-state index in [0.717, 1.165) is 20.1 Å². The number of benzene rings is 1. The van der Waals surface area contributed by atoms with E-state index in [4.69, 9.17) is 5.11 Å². The third-order valence-corrected chi connectivity index (χ3v) is 3.35. The maximum atomic E-state index is 9.14. The second-order valence-corrected chi connectivity index (χ2v) is 5.12. The molecule has 4 heteroatoms. The predicted molar refractivity (Wildman–Crippen MR) is 61.2 cm³/mol. The molecule has 2 aromatic rings. The van der Waals surface area contributed by atoms with Gasteiger partial charge in [0.05, 0.1) is 17.2 Å². The van der Waals surface area contributed by atoms with Crippen LogP contribution in [0.25, 0.3) is 11.3 Å². The number of hydrogen-bond acceptors (Lipinski definition) is 3. The van der Waals surface area contributed by atoms with E-state index in [0.29, 0.717) is 0 Å². The van der Waals surface area contributed by atoms with Gasteiger partial charge < -0.3 is 5.11 Å². The van der Waals surface area contributed by atoms with Crippen molar-refractivity contribution >= 4 is 27.3 Å². The molecule has 0 saturated heterocycles. The normalized spacial score (nSPS) is 10.4. The Kier molecular flexibility index (Phi) is 2.96. The van der Waals surface area contributed by atoms with Crippen molar-refractivity contribution in [1.82, 2.24) is 4.98 Å². The van der Waals surface area contributed by atoms with Crippen molar-refractivity contribution in [2.45, 2.75) is 6.61 Å². The first kappa shape index (κ1) is 9.83. The largest absolute Gasteiger partial charge is 0.391 e. The fraction of sp³-hybridized carbons (Fsp3) is 0.100. The van der Waals surface area contributed by atoms with E-state index in [-0.39, 0.29) is 6.61 Å². The molecule has 0 bridgehead atoms. The summed E-state index contributed by atoms with van der Waals surface area (Å²) < 4.78 is 0.806. The maximum absolute atomic E-state index is 9.14. The van der Waals surface area contributed by atoms with Crippen LogP contribution in [0.5, 0.6) is 0 Å². The minimum atomic E-state index is 0.0352. The lowest BCUT2D eigenvalue weighted by Crippen LogP contribution is -1.84. The number of aliphatic hydroxyl groups excluding tert-OH is 1. The molecule has 0 atom stereocenters. The molecule has 0 aliphatic heterocycles. The van der Waals surface area contributed by atoms with E-state index in [9.17, 15) is 0 Å². The van der Waals surface area contributed by atoms with Gasteiger partial charge >= 0.3 is 0 Å². The lowest BCUT2D eigenvalue weighted by molar-refractivity contribution is 0.286. The van der Waals surface area contributed by atoms with E-state index < -0.39 is 0 Å². The fourth-order valence-corrected chi connectivity index (χ4v) is 2.68. The van der Waals surface area contributed by atoms with Crippen LogP contribution in [-0.4, -0.2) is 10.1 Å². The van der Waals surface area contributed by atoms with Gasteiger partial charge in [-0.15, -0.1) is 11.3 Å². The molecule has 72 valence electrons. The summed E-state index contributed by atoms with van der Waals surface area (Å²) in [7, 11) is 0. The summed E-state index contributed by atoms with van der Waals surface area (Å²) in [6.45, 7) is 0.0352. The first-order chi connectivity index (χ1) is 6.81. The molecule has 1 N–H and O–H groups in total. The summed E-state index contributed by atoms with van der Waals surface area (Å²) in [4.78, 5) is 5.22. The van der Waals surface area contributed by atoms with Gasteiger partial charge in [0.15, 0.2) is 3.92 Å². The molecule has 1 aromatic carbocycles. The average molecular weight is 270 g/mol. The van der Waals surface area contributed by atoms with Crippen molar-refractivity contribution in [1.29, 1.82) is 0 Å². The predicted octanol–water partition coefficient (Wildman–Crippen LogP) is 3.06. The van der Waals surface area contributed by atoms with Gasteiger partial charge in [-0.2, -0.15) is 0 Å². The standard InChI is InChI=1S/C10H8BrNOS/c11-10-12-9(8(6-13)14-10)7-4-2-1-3-5-7/h1-5,13H,6H2. The van der Waals surface area contributed by atoms with Crippen LogP contribution in [0.4, 0.5) is 0 Å². The van der Waals surface area contributed by atoms with Crippen LogP contribution in [0, 0.1) is 0 Å². The summed E-state index contributed by atoms with van der Waals surface area (Å²) in [5, 5.41) is 9.14. The maximum Gasteiger partial charge on any atom is 0.160 e. The van der Waals surface area contributed by atoms with Crippen LogP contribution in [-0.2, 0) is 6.61 Å². The Balaban J connectivity index is 2.51. The number of halogens is 1. The van der Waals surface area contributed by atoms with Crippen molar-refractivity contribution in [3.8, 4) is 11.3 Å². The monoisotopic (exact) mass is 269 g/mol. The van der Waals surface area contributed by atoms with Crippen LogP contribution in [0.1, 0.15) is 4.88 Å². The molecule has 0 unspecified atom stereocenters. The highest BCUT2D eigenvalue weighted by Gasteiger charge is 2.09. The number of nitrogens with zero attached hydrogens (tertiary/aromatic N) is 1. The van der Waals surface area contributed by atoms with Crippen molar-refractivity contribution in [2.75, 3.05) is 0 Å². The van der Waals surface area contributed by atoms with Crippen molar-refractivity contribution in [2.24, 2.45) is 0 Å². The Bertz CT molecular complexity index is 427. The number of aliphatic hydroxyl groups is 1. The van der Waals surface area contributed by atoms with Crippen molar-refractivity contribution in [3.05, 3.63) is 39.1 Å².